The number of pyridine rings is 1. The summed E-state index contributed by atoms with van der Waals surface area (Å²) in [5.74, 6) is -1.04. The van der Waals surface area contributed by atoms with Gasteiger partial charge in [-0.2, -0.15) is 0 Å². The maximum Gasteiger partial charge on any atom is 0.340 e. The number of ether oxygens (including phenoxy) is 1. The van der Waals surface area contributed by atoms with Crippen molar-refractivity contribution in [1.29, 1.82) is 0 Å². The Bertz CT molecular complexity index is 1000. The quantitative estimate of drug-likeness (QED) is 0.805. The molecule has 1 aromatic heterocycles. The lowest BCUT2D eigenvalue weighted by molar-refractivity contribution is 0.0601. The SMILES string of the molecule is COC(=O)c1cc(F)ccc1NC(=O)N1C[C@H]2C[C@@H](C1)c1cccc(=O)n1C2. The average Bonchev–Trinajstić information content (AvgIpc) is 2.69. The summed E-state index contributed by atoms with van der Waals surface area (Å²) < 4.78 is 20.0. The fourth-order valence-electron chi connectivity index (χ4n) is 4.16. The molecule has 4 rings (SSSR count). The molecule has 0 saturated carbocycles. The van der Waals surface area contributed by atoms with Crippen molar-refractivity contribution in [2.75, 3.05) is 25.5 Å². The lowest BCUT2D eigenvalue weighted by Crippen LogP contribution is -2.50. The van der Waals surface area contributed by atoms with E-state index in [0.29, 0.717) is 19.6 Å². The molecule has 0 aliphatic carbocycles. The van der Waals surface area contributed by atoms with Crippen molar-refractivity contribution in [1.82, 2.24) is 9.47 Å². The average molecular weight is 385 g/mol. The minimum atomic E-state index is -0.724. The van der Waals surface area contributed by atoms with Crippen LogP contribution < -0.4 is 10.9 Å². The standard InChI is InChI=1S/C20H20FN3O4/c1-28-19(26)15-8-14(21)5-6-16(15)22-20(27)23-9-12-7-13(11-23)17-3-2-4-18(25)24(17)10-12/h2-6,8,12-13H,7,9-11H2,1H3,(H,22,27)/t12-,13+/m1/s1. The number of aromatic nitrogens is 1. The zero-order valence-corrected chi connectivity index (χ0v) is 15.4. The van der Waals surface area contributed by atoms with Gasteiger partial charge in [0.2, 0.25) is 0 Å². The number of anilines is 1. The fourth-order valence-corrected chi connectivity index (χ4v) is 4.16. The van der Waals surface area contributed by atoms with Crippen LogP contribution in [0.4, 0.5) is 14.9 Å². The molecule has 2 aliphatic rings. The molecule has 2 aliphatic heterocycles. The zero-order chi connectivity index (χ0) is 19.8. The Kier molecular flexibility index (Phi) is 4.62. The number of carbonyl (C=O) groups is 2. The van der Waals surface area contributed by atoms with Gasteiger partial charge in [0.25, 0.3) is 5.56 Å². The minimum absolute atomic E-state index is 0.0147. The smallest absolute Gasteiger partial charge is 0.340 e. The number of hydrogen-bond donors (Lipinski definition) is 1. The van der Waals surface area contributed by atoms with Crippen molar-refractivity contribution in [3.63, 3.8) is 0 Å². The first-order valence-electron chi connectivity index (χ1n) is 9.10. The van der Waals surface area contributed by atoms with E-state index in [1.165, 1.54) is 19.2 Å². The molecule has 0 spiro atoms. The summed E-state index contributed by atoms with van der Waals surface area (Å²) in [6.07, 6.45) is 0.928. The van der Waals surface area contributed by atoms with Crippen molar-refractivity contribution in [2.45, 2.75) is 18.9 Å². The van der Waals surface area contributed by atoms with Crippen molar-refractivity contribution < 1.29 is 18.7 Å². The van der Waals surface area contributed by atoms with E-state index >= 15 is 0 Å². The number of nitrogens with zero attached hydrogens (tertiary/aromatic N) is 2. The van der Waals surface area contributed by atoms with Gasteiger partial charge >= 0.3 is 12.0 Å². The molecule has 146 valence electrons. The maximum absolute atomic E-state index is 13.5. The summed E-state index contributed by atoms with van der Waals surface area (Å²) in [4.78, 5) is 38.5. The number of urea groups is 1. The van der Waals surface area contributed by atoms with Crippen LogP contribution in [0.2, 0.25) is 0 Å². The van der Waals surface area contributed by atoms with Gasteiger partial charge in [-0.05, 0) is 36.6 Å². The Hall–Kier alpha value is -3.16. The van der Waals surface area contributed by atoms with E-state index in [0.717, 1.165) is 18.2 Å². The van der Waals surface area contributed by atoms with Gasteiger partial charge in [-0.25, -0.2) is 14.0 Å². The second-order valence-corrected chi connectivity index (χ2v) is 7.21. The number of esters is 1. The molecular formula is C20H20FN3O4. The molecule has 1 aromatic carbocycles. The molecule has 2 bridgehead atoms. The highest BCUT2D eigenvalue weighted by molar-refractivity contribution is 6.00. The Morgan fingerprint density at radius 3 is 2.79 bits per heavy atom. The Labute approximate surface area is 160 Å². The number of likely N-dealkylation sites (tertiary alicyclic amines) is 1. The van der Waals surface area contributed by atoms with Crippen LogP contribution in [0, 0.1) is 11.7 Å². The summed E-state index contributed by atoms with van der Waals surface area (Å²) in [5.41, 5.74) is 1.09. The van der Waals surface area contributed by atoms with E-state index in [4.69, 9.17) is 0 Å². The molecular weight excluding hydrogens is 365 g/mol. The summed E-state index contributed by atoms with van der Waals surface area (Å²) in [7, 11) is 1.20. The third-order valence-corrected chi connectivity index (χ3v) is 5.40. The largest absolute Gasteiger partial charge is 0.465 e. The van der Waals surface area contributed by atoms with Crippen LogP contribution in [0.25, 0.3) is 0 Å². The molecule has 8 heteroatoms. The van der Waals surface area contributed by atoms with E-state index in [1.54, 1.807) is 21.6 Å². The highest BCUT2D eigenvalue weighted by atomic mass is 19.1. The highest BCUT2D eigenvalue weighted by Crippen LogP contribution is 2.35. The number of nitrogens with one attached hydrogen (secondary N) is 1. The first-order chi connectivity index (χ1) is 13.5. The third kappa shape index (κ3) is 3.26. The predicted octanol–water partition coefficient (Wildman–Crippen LogP) is 2.43. The molecule has 0 unspecified atom stereocenters. The molecule has 2 atom stereocenters. The van der Waals surface area contributed by atoms with Crippen LogP contribution >= 0.6 is 0 Å². The van der Waals surface area contributed by atoms with Gasteiger partial charge < -0.3 is 19.5 Å². The van der Waals surface area contributed by atoms with Crippen molar-refractivity contribution in [3.8, 4) is 0 Å². The van der Waals surface area contributed by atoms with Gasteiger partial charge in [0.15, 0.2) is 0 Å². The lowest BCUT2D eigenvalue weighted by Gasteiger charge is -2.42. The third-order valence-electron chi connectivity index (χ3n) is 5.40. The minimum Gasteiger partial charge on any atom is -0.465 e. The van der Waals surface area contributed by atoms with E-state index in [2.05, 4.69) is 10.1 Å². The fraction of sp³-hybridized carbons (Fsp3) is 0.350. The number of methoxy groups -OCH3 is 1. The van der Waals surface area contributed by atoms with E-state index < -0.39 is 11.8 Å². The van der Waals surface area contributed by atoms with Crippen LogP contribution in [-0.4, -0.2) is 41.7 Å². The molecule has 1 fully saturated rings. The molecule has 1 N–H and O–H groups in total. The summed E-state index contributed by atoms with van der Waals surface area (Å²) in [6, 6.07) is 8.42. The molecule has 3 heterocycles. The summed E-state index contributed by atoms with van der Waals surface area (Å²) >= 11 is 0. The second-order valence-electron chi connectivity index (χ2n) is 7.21. The lowest BCUT2D eigenvalue weighted by atomic mass is 9.83. The van der Waals surface area contributed by atoms with E-state index in [1.807, 2.05) is 6.07 Å². The number of rotatable bonds is 2. The molecule has 2 amide bonds. The summed E-state index contributed by atoms with van der Waals surface area (Å²) in [5, 5.41) is 2.70. The van der Waals surface area contributed by atoms with Crippen LogP contribution in [0.5, 0.6) is 0 Å². The van der Waals surface area contributed by atoms with Crippen LogP contribution in [-0.2, 0) is 11.3 Å². The first kappa shape index (κ1) is 18.2. The zero-order valence-electron chi connectivity index (χ0n) is 15.4. The van der Waals surface area contributed by atoms with Gasteiger partial charge in [-0.1, -0.05) is 6.07 Å². The normalized spacial score (nSPS) is 20.3. The second kappa shape index (κ2) is 7.10. The number of amides is 2. The van der Waals surface area contributed by atoms with E-state index in [-0.39, 0.29) is 34.7 Å². The molecule has 1 saturated heterocycles. The Balaban J connectivity index is 1.55. The number of piperidine rings is 1. The number of fused-ring (bicyclic) bond motifs is 4. The van der Waals surface area contributed by atoms with Gasteiger partial charge in [-0.15, -0.1) is 0 Å². The topological polar surface area (TPSA) is 80.6 Å². The van der Waals surface area contributed by atoms with E-state index in [9.17, 15) is 18.8 Å². The van der Waals surface area contributed by atoms with Crippen LogP contribution in [0.3, 0.4) is 0 Å². The molecule has 0 radical (unpaired) electrons. The van der Waals surface area contributed by atoms with Gasteiger partial charge in [0.1, 0.15) is 5.82 Å². The van der Waals surface area contributed by atoms with Crippen molar-refractivity contribution in [2.24, 2.45) is 5.92 Å². The maximum atomic E-state index is 13.5. The Morgan fingerprint density at radius 1 is 1.18 bits per heavy atom. The monoisotopic (exact) mass is 385 g/mol. The van der Waals surface area contributed by atoms with Crippen LogP contribution in [0.15, 0.2) is 41.2 Å². The number of halogens is 1. The number of benzene rings is 1. The molecule has 7 nitrogen and oxygen atoms in total. The summed E-state index contributed by atoms with van der Waals surface area (Å²) in [6.45, 7) is 1.57. The number of carbonyl (C=O) groups excluding carboxylic acids is 2. The predicted molar refractivity (Wildman–Crippen MR) is 99.9 cm³/mol. The highest BCUT2D eigenvalue weighted by Gasteiger charge is 2.36. The molecule has 2 aromatic rings. The molecule has 28 heavy (non-hydrogen) atoms. The van der Waals surface area contributed by atoms with Crippen LogP contribution in [0.1, 0.15) is 28.4 Å². The van der Waals surface area contributed by atoms with Crippen molar-refractivity contribution in [3.05, 3.63) is 63.8 Å². The van der Waals surface area contributed by atoms with Gasteiger partial charge in [-0.3, -0.25) is 4.79 Å². The Morgan fingerprint density at radius 2 is 2.00 bits per heavy atom. The number of hydrogen-bond acceptors (Lipinski definition) is 4. The van der Waals surface area contributed by atoms with Gasteiger partial charge in [0, 0.05) is 37.3 Å². The van der Waals surface area contributed by atoms with Gasteiger partial charge in [0.05, 0.1) is 18.4 Å². The van der Waals surface area contributed by atoms with Crippen molar-refractivity contribution >= 4 is 17.7 Å². The first-order valence-corrected chi connectivity index (χ1v) is 9.10.